The zero-order chi connectivity index (χ0) is 16.7. The summed E-state index contributed by atoms with van der Waals surface area (Å²) in [4.78, 5) is 25.8. The third kappa shape index (κ3) is 5.58. The number of hydrogen-bond acceptors (Lipinski definition) is 3. The topological polar surface area (TPSA) is 58.6 Å². The second-order valence-corrected chi connectivity index (χ2v) is 6.33. The quantitative estimate of drug-likeness (QED) is 0.840. The van der Waals surface area contributed by atoms with E-state index in [0.29, 0.717) is 18.1 Å². The van der Waals surface area contributed by atoms with Crippen LogP contribution in [0.1, 0.15) is 43.5 Å². The number of nitrogens with zero attached hydrogens (tertiary/aromatic N) is 1. The van der Waals surface area contributed by atoms with Crippen LogP contribution < -0.4 is 10.1 Å². The number of nitrogens with one attached hydrogen (secondary N) is 1. The van der Waals surface area contributed by atoms with E-state index in [0.717, 1.165) is 38.1 Å². The molecule has 0 saturated carbocycles. The number of amides is 2. The van der Waals surface area contributed by atoms with E-state index in [1.807, 2.05) is 0 Å². The molecular weight excluding hydrogens is 292 g/mol. The molecule has 1 saturated heterocycles. The molecule has 2 rings (SSSR count). The van der Waals surface area contributed by atoms with Crippen molar-refractivity contribution < 1.29 is 14.3 Å². The van der Waals surface area contributed by atoms with Gasteiger partial charge in [0.15, 0.2) is 0 Å². The van der Waals surface area contributed by atoms with Crippen molar-refractivity contribution in [2.75, 3.05) is 26.2 Å². The minimum atomic E-state index is -0.230. The van der Waals surface area contributed by atoms with E-state index in [2.05, 4.69) is 19.2 Å². The molecule has 23 heavy (non-hydrogen) atoms. The monoisotopic (exact) mass is 318 g/mol. The van der Waals surface area contributed by atoms with Gasteiger partial charge in [-0.25, -0.2) is 0 Å². The van der Waals surface area contributed by atoms with Crippen molar-refractivity contribution >= 4 is 11.8 Å². The van der Waals surface area contributed by atoms with Crippen LogP contribution in [0.3, 0.4) is 0 Å². The molecule has 1 aliphatic heterocycles. The van der Waals surface area contributed by atoms with E-state index >= 15 is 0 Å². The fraction of sp³-hybridized carbons (Fsp3) is 0.556. The van der Waals surface area contributed by atoms with E-state index in [-0.39, 0.29) is 18.4 Å². The molecule has 0 radical (unpaired) electrons. The average molecular weight is 318 g/mol. The van der Waals surface area contributed by atoms with Crippen molar-refractivity contribution in [2.24, 2.45) is 5.92 Å². The highest BCUT2D eigenvalue weighted by molar-refractivity contribution is 5.96. The minimum Gasteiger partial charge on any atom is -0.494 e. The third-order valence-electron chi connectivity index (χ3n) is 3.94. The van der Waals surface area contributed by atoms with Crippen LogP contribution in [0.15, 0.2) is 24.3 Å². The first-order valence-electron chi connectivity index (χ1n) is 8.35. The smallest absolute Gasteiger partial charge is 0.251 e. The van der Waals surface area contributed by atoms with Crippen LogP contribution in [0.25, 0.3) is 0 Å². The average Bonchev–Trinajstić information content (AvgIpc) is 3.07. The summed E-state index contributed by atoms with van der Waals surface area (Å²) in [6.45, 7) is 6.65. The molecule has 126 valence electrons. The normalized spacial score (nSPS) is 14.1. The number of ether oxygens (including phenoxy) is 1. The Morgan fingerprint density at radius 2 is 1.83 bits per heavy atom. The molecule has 5 heteroatoms. The maximum atomic E-state index is 12.1. The highest BCUT2D eigenvalue weighted by Gasteiger charge is 2.18. The number of rotatable bonds is 7. The first-order valence-corrected chi connectivity index (χ1v) is 8.35. The Balaban J connectivity index is 1.77. The molecule has 0 unspecified atom stereocenters. The molecule has 5 nitrogen and oxygen atoms in total. The molecule has 1 aromatic rings. The largest absolute Gasteiger partial charge is 0.494 e. The summed E-state index contributed by atoms with van der Waals surface area (Å²) in [7, 11) is 0. The molecule has 0 spiro atoms. The summed E-state index contributed by atoms with van der Waals surface area (Å²) < 4.78 is 5.62. The third-order valence-corrected chi connectivity index (χ3v) is 3.94. The lowest BCUT2D eigenvalue weighted by molar-refractivity contribution is -0.129. The fourth-order valence-corrected chi connectivity index (χ4v) is 2.45. The highest BCUT2D eigenvalue weighted by atomic mass is 16.5. The Hall–Kier alpha value is -2.04. The van der Waals surface area contributed by atoms with E-state index in [1.54, 1.807) is 29.2 Å². The summed E-state index contributed by atoms with van der Waals surface area (Å²) >= 11 is 0. The van der Waals surface area contributed by atoms with Crippen molar-refractivity contribution in [3.63, 3.8) is 0 Å². The molecule has 1 N–H and O–H groups in total. The van der Waals surface area contributed by atoms with Gasteiger partial charge in [0, 0.05) is 18.7 Å². The highest BCUT2D eigenvalue weighted by Crippen LogP contribution is 2.13. The Morgan fingerprint density at radius 3 is 2.43 bits per heavy atom. The van der Waals surface area contributed by atoms with Gasteiger partial charge < -0.3 is 15.0 Å². The standard InChI is InChI=1S/C18H26N2O3/c1-14(2)9-12-23-16-7-5-15(6-8-16)18(22)19-13-17(21)20-10-3-4-11-20/h5-8,14H,3-4,9-13H2,1-2H3,(H,19,22). The van der Waals surface area contributed by atoms with E-state index in [1.165, 1.54) is 0 Å². The van der Waals surface area contributed by atoms with Gasteiger partial charge in [-0.1, -0.05) is 13.8 Å². The number of hydrogen-bond donors (Lipinski definition) is 1. The van der Waals surface area contributed by atoms with Crippen LogP contribution >= 0.6 is 0 Å². The summed E-state index contributed by atoms with van der Waals surface area (Å²) in [5, 5.41) is 2.68. The summed E-state index contributed by atoms with van der Waals surface area (Å²) in [5.74, 6) is 1.12. The van der Waals surface area contributed by atoms with Gasteiger partial charge in [0.05, 0.1) is 13.2 Å². The van der Waals surface area contributed by atoms with Gasteiger partial charge in [0.2, 0.25) is 5.91 Å². The number of benzene rings is 1. The van der Waals surface area contributed by atoms with Crippen LogP contribution in [0.4, 0.5) is 0 Å². The minimum absolute atomic E-state index is 0.00973. The second-order valence-electron chi connectivity index (χ2n) is 6.33. The van der Waals surface area contributed by atoms with Crippen LogP contribution in [0.5, 0.6) is 5.75 Å². The zero-order valence-corrected chi connectivity index (χ0v) is 14.0. The molecule has 0 atom stereocenters. The van der Waals surface area contributed by atoms with Gasteiger partial charge >= 0.3 is 0 Å². The molecule has 2 amide bonds. The molecule has 0 aliphatic carbocycles. The molecule has 0 aromatic heterocycles. The predicted octanol–water partition coefficient (Wildman–Crippen LogP) is 2.46. The van der Waals surface area contributed by atoms with E-state index < -0.39 is 0 Å². The lowest BCUT2D eigenvalue weighted by atomic mass is 10.1. The number of likely N-dealkylation sites (tertiary alicyclic amines) is 1. The lowest BCUT2D eigenvalue weighted by Gasteiger charge is -2.15. The fourth-order valence-electron chi connectivity index (χ4n) is 2.45. The SMILES string of the molecule is CC(C)CCOc1ccc(C(=O)NCC(=O)N2CCCC2)cc1. The lowest BCUT2D eigenvalue weighted by Crippen LogP contribution is -2.38. The second kappa shape index (κ2) is 8.56. The van der Waals surface area contributed by atoms with Gasteiger partial charge in [-0.15, -0.1) is 0 Å². The van der Waals surface area contributed by atoms with Crippen LogP contribution in [-0.2, 0) is 4.79 Å². The van der Waals surface area contributed by atoms with E-state index in [9.17, 15) is 9.59 Å². The molecule has 0 bridgehead atoms. The number of carbonyl (C=O) groups excluding carboxylic acids is 2. The van der Waals surface area contributed by atoms with Crippen LogP contribution in [0.2, 0.25) is 0 Å². The summed E-state index contributed by atoms with van der Waals surface area (Å²) in [6.07, 6.45) is 3.11. The van der Waals surface area contributed by atoms with Crippen molar-refractivity contribution in [1.82, 2.24) is 10.2 Å². The van der Waals surface area contributed by atoms with Gasteiger partial charge in [-0.2, -0.15) is 0 Å². The van der Waals surface area contributed by atoms with Gasteiger partial charge in [0.1, 0.15) is 5.75 Å². The van der Waals surface area contributed by atoms with Gasteiger partial charge in [0.25, 0.3) is 5.91 Å². The van der Waals surface area contributed by atoms with Crippen molar-refractivity contribution in [3.8, 4) is 5.75 Å². The zero-order valence-electron chi connectivity index (χ0n) is 14.0. The molecule has 1 aromatic carbocycles. The Bertz CT molecular complexity index is 520. The van der Waals surface area contributed by atoms with Crippen LogP contribution in [0, 0.1) is 5.92 Å². The van der Waals surface area contributed by atoms with Gasteiger partial charge in [-0.3, -0.25) is 9.59 Å². The van der Waals surface area contributed by atoms with Gasteiger partial charge in [-0.05, 0) is 49.4 Å². The molecule has 1 fully saturated rings. The van der Waals surface area contributed by atoms with E-state index in [4.69, 9.17) is 4.74 Å². The Morgan fingerprint density at radius 1 is 1.17 bits per heavy atom. The molecule has 1 heterocycles. The first-order chi connectivity index (χ1) is 11.1. The predicted molar refractivity (Wildman–Crippen MR) is 89.5 cm³/mol. The van der Waals surface area contributed by atoms with Crippen LogP contribution in [-0.4, -0.2) is 43.0 Å². The van der Waals surface area contributed by atoms with Crippen molar-refractivity contribution in [3.05, 3.63) is 29.8 Å². The maximum Gasteiger partial charge on any atom is 0.251 e. The first kappa shape index (κ1) is 17.3. The Kier molecular flexibility index (Phi) is 6.44. The summed E-state index contributed by atoms with van der Waals surface area (Å²) in [5.41, 5.74) is 0.537. The van der Waals surface area contributed by atoms with Crippen molar-refractivity contribution in [1.29, 1.82) is 0 Å². The number of carbonyl (C=O) groups is 2. The molecule has 1 aliphatic rings. The Labute approximate surface area is 138 Å². The van der Waals surface area contributed by atoms with Crippen molar-refractivity contribution in [2.45, 2.75) is 33.1 Å². The maximum absolute atomic E-state index is 12.1. The summed E-state index contributed by atoms with van der Waals surface area (Å²) in [6, 6.07) is 7.02. The molecular formula is C18H26N2O3.